The van der Waals surface area contributed by atoms with E-state index in [2.05, 4.69) is 48.1 Å². The minimum Gasteiger partial charge on any atom is -0.354 e. The van der Waals surface area contributed by atoms with Crippen molar-refractivity contribution < 1.29 is 4.79 Å². The van der Waals surface area contributed by atoms with E-state index in [0.29, 0.717) is 12.5 Å². The predicted octanol–water partition coefficient (Wildman–Crippen LogP) is 6.28. The van der Waals surface area contributed by atoms with Crippen LogP contribution in [0.3, 0.4) is 0 Å². The monoisotopic (exact) mass is 425 g/mol. The number of rotatable bonds is 6. The highest BCUT2D eigenvalue weighted by Gasteiger charge is 2.19. The zero-order valence-corrected chi connectivity index (χ0v) is 19.6. The summed E-state index contributed by atoms with van der Waals surface area (Å²) in [4.78, 5) is 23.1. The zero-order valence-electron chi connectivity index (χ0n) is 19.6. The van der Waals surface area contributed by atoms with Gasteiger partial charge in [0.1, 0.15) is 0 Å². The molecule has 1 N–H and O–H groups in total. The van der Waals surface area contributed by atoms with E-state index in [9.17, 15) is 4.79 Å². The Balaban J connectivity index is 1.67. The van der Waals surface area contributed by atoms with Crippen molar-refractivity contribution in [3.8, 4) is 11.3 Å². The molecule has 1 amide bonds. The Bertz CT molecular complexity index is 1230. The maximum atomic E-state index is 13.2. The van der Waals surface area contributed by atoms with E-state index < -0.39 is 0 Å². The summed E-state index contributed by atoms with van der Waals surface area (Å²) in [6.45, 7) is 9.14. The number of fused-ring (bicyclic) bond motifs is 1. The molecule has 0 fully saturated rings. The molecule has 0 saturated carbocycles. The fourth-order valence-corrected chi connectivity index (χ4v) is 4.42. The molecule has 164 valence electrons. The summed E-state index contributed by atoms with van der Waals surface area (Å²) >= 11 is 0. The molecule has 2 aromatic heterocycles. The second-order valence-corrected chi connectivity index (χ2v) is 8.93. The van der Waals surface area contributed by atoms with Crippen LogP contribution in [0, 0.1) is 13.8 Å². The molecule has 0 aliphatic heterocycles. The normalized spacial score (nSPS) is 11.3. The lowest BCUT2D eigenvalue weighted by Crippen LogP contribution is -2.28. The van der Waals surface area contributed by atoms with Crippen molar-refractivity contribution in [2.24, 2.45) is 0 Å². The van der Waals surface area contributed by atoms with E-state index in [1.54, 1.807) is 0 Å². The molecule has 0 bridgehead atoms. The smallest absolute Gasteiger partial charge is 0.253 e. The van der Waals surface area contributed by atoms with Crippen LogP contribution in [0.5, 0.6) is 0 Å². The van der Waals surface area contributed by atoms with Crippen molar-refractivity contribution in [1.29, 1.82) is 0 Å². The molecule has 0 unspecified atom stereocenters. The number of H-pyrrole nitrogens is 1. The van der Waals surface area contributed by atoms with Gasteiger partial charge in [-0.3, -0.25) is 9.78 Å². The van der Waals surface area contributed by atoms with Crippen LogP contribution in [0.2, 0.25) is 0 Å². The predicted molar refractivity (Wildman–Crippen MR) is 132 cm³/mol. The van der Waals surface area contributed by atoms with Crippen LogP contribution in [0.4, 0.5) is 0 Å². The second-order valence-electron chi connectivity index (χ2n) is 8.93. The first-order valence-electron chi connectivity index (χ1n) is 11.2. The molecule has 4 aromatic rings. The quantitative estimate of drug-likeness (QED) is 0.395. The average Bonchev–Trinajstić information content (AvgIpc) is 3.16. The average molecular weight is 426 g/mol. The van der Waals surface area contributed by atoms with Crippen LogP contribution >= 0.6 is 0 Å². The van der Waals surface area contributed by atoms with E-state index >= 15 is 0 Å². The lowest BCUT2D eigenvalue weighted by atomic mass is 9.95. The van der Waals surface area contributed by atoms with Gasteiger partial charge in [0.15, 0.2) is 0 Å². The zero-order chi connectivity index (χ0) is 22.8. The van der Waals surface area contributed by atoms with E-state index in [1.165, 1.54) is 11.1 Å². The molecular weight excluding hydrogens is 394 g/mol. The molecule has 4 rings (SSSR count). The minimum atomic E-state index is 0.0517. The third-order valence-electron chi connectivity index (χ3n) is 5.96. The van der Waals surface area contributed by atoms with Crippen LogP contribution in [0.1, 0.15) is 52.6 Å². The minimum absolute atomic E-state index is 0.0517. The number of carbonyl (C=O) groups is 1. The van der Waals surface area contributed by atoms with Gasteiger partial charge in [-0.1, -0.05) is 44.2 Å². The van der Waals surface area contributed by atoms with Crippen LogP contribution in [0.15, 0.2) is 60.7 Å². The van der Waals surface area contributed by atoms with Gasteiger partial charge in [0, 0.05) is 47.0 Å². The van der Waals surface area contributed by atoms with Crippen molar-refractivity contribution in [3.63, 3.8) is 0 Å². The largest absolute Gasteiger partial charge is 0.354 e. The Morgan fingerprint density at radius 1 is 1.00 bits per heavy atom. The molecule has 0 radical (unpaired) electrons. The highest BCUT2D eigenvalue weighted by atomic mass is 16.2. The second kappa shape index (κ2) is 8.99. The van der Waals surface area contributed by atoms with Gasteiger partial charge in [-0.15, -0.1) is 0 Å². The number of hydrogen-bond acceptors (Lipinski definition) is 2. The number of benzene rings is 2. The summed E-state index contributed by atoms with van der Waals surface area (Å²) in [5.41, 5.74) is 8.53. The van der Waals surface area contributed by atoms with Gasteiger partial charge in [-0.05, 0) is 67.6 Å². The molecule has 2 heterocycles. The van der Waals surface area contributed by atoms with Crippen molar-refractivity contribution in [2.45, 2.75) is 40.0 Å². The molecule has 0 aliphatic rings. The Kier molecular flexibility index (Phi) is 6.13. The number of aryl methyl sites for hydroxylation is 2. The van der Waals surface area contributed by atoms with Gasteiger partial charge in [0.05, 0.1) is 5.69 Å². The van der Waals surface area contributed by atoms with Gasteiger partial charge in [0.25, 0.3) is 5.91 Å². The highest BCUT2D eigenvalue weighted by Crippen LogP contribution is 2.36. The Labute approximate surface area is 190 Å². The maximum absolute atomic E-state index is 13.2. The fourth-order valence-electron chi connectivity index (χ4n) is 4.42. The standard InChI is InChI=1S/C28H31N3O/c1-18(2)26-24-17-22(28(32)31(5)14-13-21-9-7-6-8-10-21)11-12-25(24)30-27(26)23-15-19(3)29-20(4)16-23/h6-12,15-18,30H,13-14H2,1-5H3. The molecule has 4 heteroatoms. The SMILES string of the molecule is Cc1cc(-c2[nH]c3ccc(C(=O)N(C)CCc4ccccc4)cc3c2C(C)C)cc(C)n1. The number of aromatic nitrogens is 2. The van der Waals surface area contributed by atoms with Crippen LogP contribution < -0.4 is 0 Å². The van der Waals surface area contributed by atoms with E-state index in [-0.39, 0.29) is 5.91 Å². The molecular formula is C28H31N3O. The summed E-state index contributed by atoms with van der Waals surface area (Å²) < 4.78 is 0. The van der Waals surface area contributed by atoms with Crippen LogP contribution in [0.25, 0.3) is 22.2 Å². The number of hydrogen-bond donors (Lipinski definition) is 1. The summed E-state index contributed by atoms with van der Waals surface area (Å²) in [6, 6.07) is 20.5. The molecule has 0 saturated heterocycles. The van der Waals surface area contributed by atoms with Gasteiger partial charge < -0.3 is 9.88 Å². The summed E-state index contributed by atoms with van der Waals surface area (Å²) in [6.07, 6.45) is 0.845. The van der Waals surface area contributed by atoms with Crippen LogP contribution in [-0.2, 0) is 6.42 Å². The number of nitrogens with one attached hydrogen (secondary N) is 1. The highest BCUT2D eigenvalue weighted by molar-refractivity contribution is 6.00. The number of carbonyl (C=O) groups excluding carboxylic acids is 1. The van der Waals surface area contributed by atoms with E-state index in [0.717, 1.165) is 45.5 Å². The summed E-state index contributed by atoms with van der Waals surface area (Å²) in [5.74, 6) is 0.365. The molecule has 4 nitrogen and oxygen atoms in total. The third-order valence-corrected chi connectivity index (χ3v) is 5.96. The first-order valence-corrected chi connectivity index (χ1v) is 11.2. The molecule has 0 spiro atoms. The van der Waals surface area contributed by atoms with E-state index in [1.807, 2.05) is 62.2 Å². The summed E-state index contributed by atoms with van der Waals surface area (Å²) in [7, 11) is 1.88. The maximum Gasteiger partial charge on any atom is 0.253 e. The molecule has 0 aliphatic carbocycles. The first kappa shape index (κ1) is 21.8. The lowest BCUT2D eigenvalue weighted by Gasteiger charge is -2.17. The van der Waals surface area contributed by atoms with Crippen LogP contribution in [-0.4, -0.2) is 34.4 Å². The van der Waals surface area contributed by atoms with Crippen molar-refractivity contribution in [2.75, 3.05) is 13.6 Å². The Morgan fingerprint density at radius 3 is 2.34 bits per heavy atom. The molecule has 0 atom stereocenters. The number of amides is 1. The van der Waals surface area contributed by atoms with Gasteiger partial charge in [-0.25, -0.2) is 0 Å². The number of aromatic amines is 1. The van der Waals surface area contributed by atoms with Crippen molar-refractivity contribution in [1.82, 2.24) is 14.9 Å². The third kappa shape index (κ3) is 4.45. The number of pyridine rings is 1. The van der Waals surface area contributed by atoms with Crippen molar-refractivity contribution in [3.05, 3.63) is 88.7 Å². The number of likely N-dealkylation sites (N-methyl/N-ethyl adjacent to an activating group) is 1. The number of nitrogens with zero attached hydrogens (tertiary/aromatic N) is 2. The summed E-state index contributed by atoms with van der Waals surface area (Å²) in [5, 5.41) is 1.12. The lowest BCUT2D eigenvalue weighted by molar-refractivity contribution is 0.0797. The topological polar surface area (TPSA) is 49.0 Å². The van der Waals surface area contributed by atoms with Crippen molar-refractivity contribution >= 4 is 16.8 Å². The fraction of sp³-hybridized carbons (Fsp3) is 0.286. The first-order chi connectivity index (χ1) is 15.3. The Morgan fingerprint density at radius 2 is 1.69 bits per heavy atom. The Hall–Kier alpha value is -3.40. The van der Waals surface area contributed by atoms with E-state index in [4.69, 9.17) is 0 Å². The molecule has 32 heavy (non-hydrogen) atoms. The van der Waals surface area contributed by atoms with Gasteiger partial charge >= 0.3 is 0 Å². The van der Waals surface area contributed by atoms with Gasteiger partial charge in [-0.2, -0.15) is 0 Å². The molecule has 2 aromatic carbocycles. The van der Waals surface area contributed by atoms with Gasteiger partial charge in [0.2, 0.25) is 0 Å².